The number of benzene rings is 1. The normalized spacial score (nSPS) is 11.2. The molecule has 3 heterocycles. The van der Waals surface area contributed by atoms with Gasteiger partial charge in [-0.2, -0.15) is 0 Å². The standard InChI is InChI=1S/C18H12ClNO2S2/c1-9-2-3-11(19)17-10(9)8-16(24-17)13-5-4-12(20-13)14-6-7-15(23-14)18(21)22/h2-8,20H,1H3,(H,21,22). The smallest absolute Gasteiger partial charge is 0.345 e. The van der Waals surface area contributed by atoms with Crippen molar-refractivity contribution in [3.63, 3.8) is 0 Å². The van der Waals surface area contributed by atoms with Crippen LogP contribution in [-0.2, 0) is 0 Å². The largest absolute Gasteiger partial charge is 0.477 e. The first-order valence-electron chi connectivity index (χ1n) is 7.24. The van der Waals surface area contributed by atoms with Gasteiger partial charge in [0.1, 0.15) is 4.88 Å². The number of aromatic amines is 1. The van der Waals surface area contributed by atoms with Crippen LogP contribution in [-0.4, -0.2) is 16.1 Å². The van der Waals surface area contributed by atoms with Crippen molar-refractivity contribution in [2.24, 2.45) is 0 Å². The summed E-state index contributed by atoms with van der Waals surface area (Å²) in [6.45, 7) is 2.08. The van der Waals surface area contributed by atoms with E-state index in [1.807, 2.05) is 30.3 Å². The quantitative estimate of drug-likeness (QED) is 0.443. The molecule has 0 unspecified atom stereocenters. The number of halogens is 1. The second-order valence-electron chi connectivity index (χ2n) is 5.47. The van der Waals surface area contributed by atoms with Gasteiger partial charge in [0.25, 0.3) is 0 Å². The lowest BCUT2D eigenvalue weighted by molar-refractivity contribution is 0.0702. The molecule has 0 fully saturated rings. The van der Waals surface area contributed by atoms with Gasteiger partial charge < -0.3 is 10.1 Å². The van der Waals surface area contributed by atoms with Crippen LogP contribution in [0.15, 0.2) is 42.5 Å². The highest BCUT2D eigenvalue weighted by molar-refractivity contribution is 7.22. The Morgan fingerprint density at radius 3 is 2.46 bits per heavy atom. The Bertz CT molecular complexity index is 1040. The lowest BCUT2D eigenvalue weighted by Crippen LogP contribution is -1.89. The molecule has 0 amide bonds. The second-order valence-corrected chi connectivity index (χ2v) is 8.02. The van der Waals surface area contributed by atoms with Crippen LogP contribution in [0.25, 0.3) is 31.2 Å². The van der Waals surface area contributed by atoms with Crippen molar-refractivity contribution < 1.29 is 9.90 Å². The molecule has 0 radical (unpaired) electrons. The zero-order chi connectivity index (χ0) is 16.8. The average Bonchev–Trinajstić information content (AvgIpc) is 3.28. The van der Waals surface area contributed by atoms with Crippen molar-refractivity contribution in [3.05, 3.63) is 57.9 Å². The van der Waals surface area contributed by atoms with E-state index in [2.05, 4.69) is 18.0 Å². The number of fused-ring (bicyclic) bond motifs is 1. The van der Waals surface area contributed by atoms with E-state index in [0.717, 1.165) is 30.9 Å². The van der Waals surface area contributed by atoms with Crippen LogP contribution in [0.4, 0.5) is 0 Å². The van der Waals surface area contributed by atoms with Crippen LogP contribution in [0.1, 0.15) is 15.2 Å². The Kier molecular flexibility index (Phi) is 3.72. The molecule has 0 saturated heterocycles. The van der Waals surface area contributed by atoms with E-state index in [0.29, 0.717) is 4.88 Å². The van der Waals surface area contributed by atoms with E-state index in [1.165, 1.54) is 22.3 Å². The van der Waals surface area contributed by atoms with Crippen LogP contribution >= 0.6 is 34.3 Å². The summed E-state index contributed by atoms with van der Waals surface area (Å²) < 4.78 is 1.09. The molecule has 4 aromatic rings. The Morgan fingerprint density at radius 1 is 1.04 bits per heavy atom. The number of aromatic nitrogens is 1. The third-order valence-electron chi connectivity index (χ3n) is 3.89. The molecule has 0 spiro atoms. The van der Waals surface area contributed by atoms with E-state index >= 15 is 0 Å². The molecule has 3 nitrogen and oxygen atoms in total. The molecule has 0 aliphatic heterocycles. The summed E-state index contributed by atoms with van der Waals surface area (Å²) in [5.74, 6) is -0.896. The molecule has 2 N–H and O–H groups in total. The molecule has 24 heavy (non-hydrogen) atoms. The van der Waals surface area contributed by atoms with Gasteiger partial charge in [-0.3, -0.25) is 0 Å². The first kappa shape index (κ1) is 15.4. The van der Waals surface area contributed by atoms with Crippen LogP contribution in [0.3, 0.4) is 0 Å². The van der Waals surface area contributed by atoms with Gasteiger partial charge in [-0.05, 0) is 54.3 Å². The summed E-state index contributed by atoms with van der Waals surface area (Å²) in [4.78, 5) is 16.8. The molecule has 0 atom stereocenters. The van der Waals surface area contributed by atoms with E-state index in [1.54, 1.807) is 17.4 Å². The van der Waals surface area contributed by atoms with Gasteiger partial charge >= 0.3 is 5.97 Å². The second kappa shape index (κ2) is 5.77. The maximum atomic E-state index is 11.0. The summed E-state index contributed by atoms with van der Waals surface area (Å²) in [7, 11) is 0. The minimum atomic E-state index is -0.896. The molecule has 0 aliphatic carbocycles. The molecule has 0 aliphatic rings. The Hall–Kier alpha value is -2.08. The van der Waals surface area contributed by atoms with Gasteiger partial charge in [0, 0.05) is 0 Å². The molecular weight excluding hydrogens is 362 g/mol. The predicted octanol–water partition coefficient (Wildman–Crippen LogP) is 6.28. The number of carboxylic acid groups (broad SMARTS) is 1. The van der Waals surface area contributed by atoms with E-state index in [9.17, 15) is 4.79 Å². The molecule has 1 aromatic carbocycles. The van der Waals surface area contributed by atoms with Crippen LogP contribution in [0.2, 0.25) is 5.02 Å². The third-order valence-corrected chi connectivity index (χ3v) is 6.62. The summed E-state index contributed by atoms with van der Waals surface area (Å²) in [6, 6.07) is 13.6. The van der Waals surface area contributed by atoms with Gasteiger partial charge in [0.2, 0.25) is 0 Å². The topological polar surface area (TPSA) is 53.1 Å². The van der Waals surface area contributed by atoms with Gasteiger partial charge in [-0.15, -0.1) is 22.7 Å². The highest BCUT2D eigenvalue weighted by Crippen LogP contribution is 2.39. The van der Waals surface area contributed by atoms with Crippen molar-refractivity contribution in [2.75, 3.05) is 0 Å². The van der Waals surface area contributed by atoms with Crippen molar-refractivity contribution >= 4 is 50.3 Å². The molecule has 0 bridgehead atoms. The monoisotopic (exact) mass is 373 g/mol. The average molecular weight is 374 g/mol. The SMILES string of the molecule is Cc1ccc(Cl)c2sc(-c3ccc(-c4ccc(C(=O)O)s4)[nH]3)cc12. The minimum absolute atomic E-state index is 0.338. The maximum Gasteiger partial charge on any atom is 0.345 e. The number of carboxylic acids is 1. The van der Waals surface area contributed by atoms with Gasteiger partial charge in [-0.25, -0.2) is 4.79 Å². The number of aromatic carboxylic acids is 1. The van der Waals surface area contributed by atoms with E-state index in [-0.39, 0.29) is 0 Å². The van der Waals surface area contributed by atoms with Gasteiger partial charge in [0.05, 0.1) is 30.9 Å². The molecule has 4 rings (SSSR count). The molecule has 0 saturated carbocycles. The highest BCUT2D eigenvalue weighted by Gasteiger charge is 2.13. The Morgan fingerprint density at radius 2 is 1.79 bits per heavy atom. The summed E-state index contributed by atoms with van der Waals surface area (Å²) in [6.07, 6.45) is 0. The molecule has 3 aromatic heterocycles. The van der Waals surface area contributed by atoms with Gasteiger partial charge in [-0.1, -0.05) is 17.7 Å². The van der Waals surface area contributed by atoms with E-state index in [4.69, 9.17) is 16.7 Å². The predicted molar refractivity (Wildman–Crippen MR) is 102 cm³/mol. The number of thiophene rings is 2. The summed E-state index contributed by atoms with van der Waals surface area (Å²) in [5.41, 5.74) is 3.13. The lowest BCUT2D eigenvalue weighted by Gasteiger charge is -1.96. The molecule has 120 valence electrons. The van der Waals surface area contributed by atoms with Crippen molar-refractivity contribution in [2.45, 2.75) is 6.92 Å². The minimum Gasteiger partial charge on any atom is -0.477 e. The maximum absolute atomic E-state index is 11.0. The Balaban J connectivity index is 1.76. The highest BCUT2D eigenvalue weighted by atomic mass is 35.5. The fourth-order valence-corrected chi connectivity index (χ4v) is 4.86. The van der Waals surface area contributed by atoms with Crippen molar-refractivity contribution in [3.8, 4) is 21.1 Å². The number of H-pyrrole nitrogens is 1. The van der Waals surface area contributed by atoms with Gasteiger partial charge in [0.15, 0.2) is 0 Å². The number of aryl methyl sites for hydroxylation is 1. The number of nitrogens with one attached hydrogen (secondary N) is 1. The first-order valence-corrected chi connectivity index (χ1v) is 9.25. The zero-order valence-corrected chi connectivity index (χ0v) is 15.0. The van der Waals surface area contributed by atoms with Crippen LogP contribution in [0.5, 0.6) is 0 Å². The number of rotatable bonds is 3. The van der Waals surface area contributed by atoms with E-state index < -0.39 is 5.97 Å². The molecule has 6 heteroatoms. The summed E-state index contributed by atoms with van der Waals surface area (Å²) >= 11 is 9.23. The zero-order valence-electron chi connectivity index (χ0n) is 12.6. The number of hydrogen-bond acceptors (Lipinski definition) is 3. The third kappa shape index (κ3) is 2.55. The number of carbonyl (C=O) groups is 1. The summed E-state index contributed by atoms with van der Waals surface area (Å²) in [5, 5.41) is 11.0. The van der Waals surface area contributed by atoms with Crippen molar-refractivity contribution in [1.29, 1.82) is 0 Å². The van der Waals surface area contributed by atoms with Crippen molar-refractivity contribution in [1.82, 2.24) is 4.98 Å². The van der Waals surface area contributed by atoms with Crippen LogP contribution in [0, 0.1) is 6.92 Å². The Labute approximate surface area is 151 Å². The number of hydrogen-bond donors (Lipinski definition) is 2. The fraction of sp³-hybridized carbons (Fsp3) is 0.0556. The fourth-order valence-electron chi connectivity index (χ4n) is 2.64. The van der Waals surface area contributed by atoms with Crippen LogP contribution < -0.4 is 0 Å². The molecular formula is C18H12ClNO2S2. The lowest BCUT2D eigenvalue weighted by atomic mass is 10.1. The first-order chi connectivity index (χ1) is 11.5.